The van der Waals surface area contributed by atoms with E-state index in [4.69, 9.17) is 52.6 Å². The van der Waals surface area contributed by atoms with Gasteiger partial charge in [-0.1, -0.05) is 47.0 Å². The summed E-state index contributed by atoms with van der Waals surface area (Å²) in [4.78, 5) is 43.8. The number of likely N-dealkylation sites (N-methyl/N-ethyl adjacent to an activating group) is 1. The van der Waals surface area contributed by atoms with Crippen LogP contribution in [0.4, 0.5) is 11.4 Å². The highest BCUT2D eigenvalue weighted by Gasteiger charge is 2.61. The molecule has 5 N–H and O–H groups in total. The van der Waals surface area contributed by atoms with Crippen LogP contribution < -0.4 is 20.7 Å². The molecular weight excluding hydrogens is 743 g/mol. The zero-order valence-corrected chi connectivity index (χ0v) is 32.8. The van der Waals surface area contributed by atoms with Gasteiger partial charge in [-0.2, -0.15) is 0 Å². The number of nitrogen functional groups attached to an aromatic ring is 1. The number of epoxide rings is 1. The molecule has 14 nitrogen and oxygen atoms in total. The fraction of sp³-hybridized carbons (Fsp3) is 0.500. The molecule has 294 valence electrons. The van der Waals surface area contributed by atoms with E-state index in [1.807, 2.05) is 13.0 Å². The molecule has 4 bridgehead atoms. The lowest BCUT2D eigenvalue weighted by atomic mass is 9.90. The van der Waals surface area contributed by atoms with Gasteiger partial charge in [-0.25, -0.2) is 10.1 Å². The molecule has 16 heteroatoms. The number of anilines is 2. The number of methoxy groups -OCH3 is 2. The van der Waals surface area contributed by atoms with Crippen molar-refractivity contribution in [3.8, 4) is 5.75 Å². The fourth-order valence-corrected chi connectivity index (χ4v) is 7.29. The molecule has 3 aliphatic rings. The molecule has 0 aromatic heterocycles. The molecule has 3 aliphatic heterocycles. The predicted octanol–water partition coefficient (Wildman–Crippen LogP) is 3.97. The number of benzene rings is 2. The van der Waals surface area contributed by atoms with Gasteiger partial charge in [0.1, 0.15) is 34.6 Å². The Hall–Kier alpha value is -3.73. The number of fused-ring (bicyclic) bond motifs is 5. The van der Waals surface area contributed by atoms with E-state index < -0.39 is 66.0 Å². The lowest BCUT2D eigenvalue weighted by Crippen LogP contribution is -2.64. The van der Waals surface area contributed by atoms with E-state index in [1.54, 1.807) is 38.3 Å². The van der Waals surface area contributed by atoms with E-state index in [2.05, 4.69) is 5.32 Å². The molecule has 2 amide bonds. The number of amides is 2. The van der Waals surface area contributed by atoms with Gasteiger partial charge in [0.25, 0.3) is 5.91 Å². The molecule has 5 rings (SSSR count). The number of rotatable bonds is 6. The number of carbonyl (C=O) groups is 3. The number of aliphatic hydroxyl groups excluding tert-OH is 1. The number of aliphatic hydroxyl groups is 2. The molecule has 0 spiro atoms. The first-order chi connectivity index (χ1) is 25.4. The van der Waals surface area contributed by atoms with Gasteiger partial charge in [0, 0.05) is 39.6 Å². The molecule has 2 aromatic carbocycles. The summed E-state index contributed by atoms with van der Waals surface area (Å²) in [6.07, 6.45) is 0.659. The summed E-state index contributed by atoms with van der Waals surface area (Å²) < 4.78 is 29.2. The summed E-state index contributed by atoms with van der Waals surface area (Å²) in [6, 6.07) is 6.89. The van der Waals surface area contributed by atoms with Gasteiger partial charge < -0.3 is 49.4 Å². The Balaban J connectivity index is 1.49. The smallest absolute Gasteiger partial charge is 0.328 e. The molecule has 54 heavy (non-hydrogen) atoms. The van der Waals surface area contributed by atoms with E-state index in [9.17, 15) is 24.6 Å². The molecule has 2 saturated heterocycles. The third-order valence-electron chi connectivity index (χ3n) is 10.3. The molecular formula is C38H48Cl2N4O10. The van der Waals surface area contributed by atoms with Crippen molar-refractivity contribution in [1.82, 2.24) is 10.2 Å². The minimum atomic E-state index is -1.73. The second-order valence-corrected chi connectivity index (χ2v) is 15.0. The Morgan fingerprint density at radius 3 is 2.59 bits per heavy atom. The maximum atomic E-state index is 14.1. The minimum absolute atomic E-state index is 0.000880. The number of nitrogens with two attached hydrogens (primary N) is 1. The second-order valence-electron chi connectivity index (χ2n) is 14.2. The van der Waals surface area contributed by atoms with Crippen molar-refractivity contribution in [2.24, 2.45) is 0 Å². The highest BCUT2D eigenvalue weighted by atomic mass is 35.5. The molecule has 0 radical (unpaired) electrons. The van der Waals surface area contributed by atoms with Crippen LogP contribution in [0.5, 0.6) is 5.75 Å². The van der Waals surface area contributed by atoms with Crippen LogP contribution in [0, 0.1) is 0 Å². The third kappa shape index (κ3) is 8.87. The van der Waals surface area contributed by atoms with E-state index in [0.717, 1.165) is 11.1 Å². The Morgan fingerprint density at radius 2 is 1.93 bits per heavy atom. The quantitative estimate of drug-likeness (QED) is 0.188. The third-order valence-corrected chi connectivity index (χ3v) is 11.1. The summed E-state index contributed by atoms with van der Waals surface area (Å²) >= 11 is 12.9. The molecule has 1 unspecified atom stereocenters. The maximum Gasteiger partial charge on any atom is 0.328 e. The topological polar surface area (TPSA) is 186 Å². The number of esters is 1. The zero-order chi connectivity index (χ0) is 39.7. The number of halogens is 2. The van der Waals surface area contributed by atoms with E-state index in [1.165, 1.54) is 56.2 Å². The van der Waals surface area contributed by atoms with Crippen LogP contribution in [0.1, 0.15) is 56.0 Å². The van der Waals surface area contributed by atoms with Crippen LogP contribution in [-0.2, 0) is 35.0 Å². The fourth-order valence-electron chi connectivity index (χ4n) is 6.79. The van der Waals surface area contributed by atoms with Crippen molar-refractivity contribution in [1.29, 1.82) is 0 Å². The number of allylic oxidation sites excluding steroid dienone is 3. The number of hydrogen-bond donors (Lipinski definition) is 4. The van der Waals surface area contributed by atoms with Crippen LogP contribution in [0.2, 0.25) is 10.0 Å². The lowest BCUT2D eigenvalue weighted by Gasteiger charge is -2.43. The van der Waals surface area contributed by atoms with Crippen molar-refractivity contribution < 1.29 is 48.3 Å². The highest BCUT2D eigenvalue weighted by Crippen LogP contribution is 2.47. The van der Waals surface area contributed by atoms with Crippen LogP contribution in [0.25, 0.3) is 0 Å². The molecule has 8 atom stereocenters. The van der Waals surface area contributed by atoms with Gasteiger partial charge in [0.05, 0.1) is 42.1 Å². The molecule has 0 aliphatic carbocycles. The van der Waals surface area contributed by atoms with Gasteiger partial charge in [-0.05, 0) is 63.1 Å². The maximum absolute atomic E-state index is 14.1. The molecule has 2 fully saturated rings. The Morgan fingerprint density at radius 1 is 1.20 bits per heavy atom. The summed E-state index contributed by atoms with van der Waals surface area (Å²) in [5, 5.41) is 25.4. The van der Waals surface area contributed by atoms with Crippen molar-refractivity contribution in [2.45, 2.75) is 94.7 Å². The SMILES string of the molecule is COc1cc2cc(c1Cl)N(C)C(=O)C[C@H](OC(=O)[C@H](C)N(C)C(=O)c1ccc(N)c(Cl)c1)[C@]1(C)O[C@H]1C[C@@H]1C[C@@](O)(NC(O)O1)[C@H](OC)/C=C/C=C(\C)C2. The largest absolute Gasteiger partial charge is 0.495 e. The van der Waals surface area contributed by atoms with Crippen LogP contribution in [-0.4, -0.2) is 109 Å². The lowest BCUT2D eigenvalue weighted by molar-refractivity contribution is -0.263. The standard InChI is InChI=1S/C38H48Cl2N4O10/c1-20-9-8-10-29(51-7)38(49)19-24(52-36(48)42-38)17-31-37(3,54-31)30(18-32(45)44(5)27-14-22(13-20)15-28(50-6)33(27)40)53-35(47)21(2)43(4)34(46)23-11-12-26(41)25(39)16-23/h8-12,14-16,21,24,29-31,36,42,48-49H,13,17-19,41H2,1-7H3/b10-8+,20-9+/t21-,24+,29+,30-,31-,36?,37-,38-/m0/s1. The highest BCUT2D eigenvalue weighted by molar-refractivity contribution is 6.35. The van der Waals surface area contributed by atoms with Crippen molar-refractivity contribution in [2.75, 3.05) is 38.9 Å². The summed E-state index contributed by atoms with van der Waals surface area (Å²) in [5.41, 5.74) is 5.50. The predicted molar refractivity (Wildman–Crippen MR) is 202 cm³/mol. The van der Waals surface area contributed by atoms with Gasteiger partial charge in [0.15, 0.2) is 5.72 Å². The van der Waals surface area contributed by atoms with Gasteiger partial charge in [0.2, 0.25) is 12.3 Å². The monoisotopic (exact) mass is 790 g/mol. The average Bonchev–Trinajstić information content (AvgIpc) is 3.78. The normalized spacial score (nSPS) is 31.0. The first-order valence-electron chi connectivity index (χ1n) is 17.4. The Kier molecular flexibility index (Phi) is 12.7. The molecule has 0 saturated carbocycles. The van der Waals surface area contributed by atoms with Crippen LogP contribution >= 0.6 is 23.2 Å². The Labute approximate surface area is 324 Å². The van der Waals surface area contributed by atoms with E-state index >= 15 is 0 Å². The van der Waals surface area contributed by atoms with Crippen molar-refractivity contribution >= 4 is 52.4 Å². The minimum Gasteiger partial charge on any atom is -0.495 e. The van der Waals surface area contributed by atoms with Crippen LogP contribution in [0.3, 0.4) is 0 Å². The number of carbonyl (C=O) groups excluding carboxylic acids is 3. The van der Waals surface area contributed by atoms with Gasteiger partial charge >= 0.3 is 5.97 Å². The number of hydrogen-bond acceptors (Lipinski definition) is 12. The number of ether oxygens (including phenoxy) is 5. The van der Waals surface area contributed by atoms with E-state index in [-0.39, 0.29) is 34.9 Å². The van der Waals surface area contributed by atoms with Gasteiger partial charge in [-0.3, -0.25) is 9.59 Å². The van der Waals surface area contributed by atoms with Crippen molar-refractivity contribution in [3.05, 3.63) is 75.3 Å². The van der Waals surface area contributed by atoms with Gasteiger partial charge in [-0.15, -0.1) is 0 Å². The summed E-state index contributed by atoms with van der Waals surface area (Å²) in [6.45, 7) is 5.13. The van der Waals surface area contributed by atoms with Crippen LogP contribution in [0.15, 0.2) is 54.1 Å². The number of nitrogens with one attached hydrogen (secondary N) is 1. The Bertz CT molecular complexity index is 1830. The molecule has 2 aromatic rings. The zero-order valence-electron chi connectivity index (χ0n) is 31.3. The first kappa shape index (κ1) is 41.4. The second kappa shape index (κ2) is 16.6. The summed E-state index contributed by atoms with van der Waals surface area (Å²) in [7, 11) is 5.94. The summed E-state index contributed by atoms with van der Waals surface area (Å²) in [5.74, 6) is -1.38. The van der Waals surface area contributed by atoms with Crippen molar-refractivity contribution in [3.63, 3.8) is 0 Å². The number of nitrogens with zero attached hydrogens (tertiary/aromatic N) is 2. The first-order valence-corrected chi connectivity index (χ1v) is 18.2. The molecule has 3 heterocycles. The van der Waals surface area contributed by atoms with E-state index in [0.29, 0.717) is 23.5 Å². The average molecular weight is 792 g/mol.